The Morgan fingerprint density at radius 2 is 2.00 bits per heavy atom. The van der Waals surface area contributed by atoms with Crippen LogP contribution in [0.5, 0.6) is 6.01 Å². The molecule has 3 atom stereocenters. The van der Waals surface area contributed by atoms with Gasteiger partial charge in [0.15, 0.2) is 5.83 Å². The molecule has 3 aromatic rings. The van der Waals surface area contributed by atoms with E-state index >= 15 is 0 Å². The van der Waals surface area contributed by atoms with Crippen LogP contribution in [0.1, 0.15) is 30.5 Å². The second-order valence-corrected chi connectivity index (χ2v) is 12.5. The minimum Gasteiger partial charge on any atom is -0.458 e. The average molecular weight is 636 g/mol. The van der Waals surface area contributed by atoms with Gasteiger partial charge in [-0.3, -0.25) is 4.79 Å². The van der Waals surface area contributed by atoms with E-state index in [9.17, 15) is 13.6 Å². The first-order valence-corrected chi connectivity index (χ1v) is 15.6. The molecule has 236 valence electrons. The van der Waals surface area contributed by atoms with E-state index in [4.69, 9.17) is 32.9 Å². The Morgan fingerprint density at radius 3 is 2.76 bits per heavy atom. The molecule has 6 rings (SSSR count). The number of carbonyl (C=O) groups excluding carboxylic acids is 1. The van der Waals surface area contributed by atoms with E-state index in [0.717, 1.165) is 41.6 Å². The summed E-state index contributed by atoms with van der Waals surface area (Å²) in [7, 11) is 4.09. The summed E-state index contributed by atoms with van der Waals surface area (Å²) in [6.07, 6.45) is 3.50. The van der Waals surface area contributed by atoms with Gasteiger partial charge in [0.25, 0.3) is 5.91 Å². The van der Waals surface area contributed by atoms with E-state index in [2.05, 4.69) is 26.1 Å². The quantitative estimate of drug-likeness (QED) is 0.259. The van der Waals surface area contributed by atoms with Gasteiger partial charge in [0.1, 0.15) is 23.8 Å². The van der Waals surface area contributed by atoms with Gasteiger partial charge < -0.3 is 29.2 Å². The number of hydrogen-bond acceptors (Lipinski definition) is 7. The van der Waals surface area contributed by atoms with Crippen molar-refractivity contribution in [3.63, 3.8) is 0 Å². The largest absolute Gasteiger partial charge is 0.458 e. The number of ether oxygens (including phenoxy) is 1. The van der Waals surface area contributed by atoms with Crippen molar-refractivity contribution in [1.82, 2.24) is 19.8 Å². The van der Waals surface area contributed by atoms with Crippen LogP contribution in [0.4, 0.5) is 20.3 Å². The van der Waals surface area contributed by atoms with Gasteiger partial charge in [-0.05, 0) is 57.3 Å². The highest BCUT2D eigenvalue weighted by atomic mass is 35.5. The fourth-order valence-electron chi connectivity index (χ4n) is 6.97. The van der Waals surface area contributed by atoms with Crippen LogP contribution >= 0.6 is 11.6 Å². The highest BCUT2D eigenvalue weighted by Crippen LogP contribution is 2.38. The van der Waals surface area contributed by atoms with Crippen molar-refractivity contribution >= 4 is 39.8 Å². The molecule has 1 saturated heterocycles. The molecule has 2 fully saturated rings. The number of carbonyl (C=O) groups is 1. The molecule has 45 heavy (non-hydrogen) atoms. The highest BCUT2D eigenvalue weighted by molar-refractivity contribution is 6.36. The molecule has 3 aliphatic rings. The first-order chi connectivity index (χ1) is 21.7. The summed E-state index contributed by atoms with van der Waals surface area (Å²) in [5, 5.41) is 1.60. The number of nitrogens with zero attached hydrogens (tertiary/aromatic N) is 7. The number of amides is 1. The summed E-state index contributed by atoms with van der Waals surface area (Å²) < 4.78 is 34.9. The van der Waals surface area contributed by atoms with Crippen LogP contribution in [-0.2, 0) is 17.8 Å². The smallest absolute Gasteiger partial charge is 0.319 e. The maximum Gasteiger partial charge on any atom is 0.319 e. The number of halogens is 3. The average Bonchev–Trinajstić information content (AvgIpc) is 3.50. The summed E-state index contributed by atoms with van der Waals surface area (Å²) in [6, 6.07) is 8.91. The summed E-state index contributed by atoms with van der Waals surface area (Å²) in [5.74, 6) is -1.58. The highest BCUT2D eigenvalue weighted by Gasteiger charge is 2.37. The fourth-order valence-corrected chi connectivity index (χ4v) is 7.23. The minimum absolute atomic E-state index is 0.0327. The topological polar surface area (TPSA) is 69.4 Å². The molecule has 0 bridgehead atoms. The van der Waals surface area contributed by atoms with Crippen molar-refractivity contribution in [3.8, 4) is 6.01 Å². The standard InChI is InChI=1S/C33H36ClF2N7O2/c1-20(35)32(44)43-16-15-42(18-22(43)17-37-2)31-23-13-14-41(27-9-5-7-21-11-12-24(36)30(34)29(21)27)19-25(23)38-33(39-31)45-28-10-6-8-26(28)40(3)4/h5,7,9,11-12,22,26,28H,1,6,8,10,13-19H2,3-4H3/t22-,26-,28+/m0/s1. The molecule has 2 aromatic carbocycles. The van der Waals surface area contributed by atoms with Crippen molar-refractivity contribution in [2.24, 2.45) is 0 Å². The van der Waals surface area contributed by atoms with Crippen molar-refractivity contribution in [2.75, 3.05) is 56.6 Å². The van der Waals surface area contributed by atoms with Gasteiger partial charge in [-0.1, -0.05) is 36.4 Å². The lowest BCUT2D eigenvalue weighted by molar-refractivity contribution is -0.131. The van der Waals surface area contributed by atoms with Gasteiger partial charge in [-0.2, -0.15) is 9.97 Å². The van der Waals surface area contributed by atoms with E-state index in [1.807, 2.05) is 32.3 Å². The molecule has 2 aliphatic heterocycles. The summed E-state index contributed by atoms with van der Waals surface area (Å²) in [5.41, 5.74) is 2.58. The number of rotatable bonds is 7. The Bertz CT molecular complexity index is 1680. The number of aromatic nitrogens is 2. The zero-order valence-corrected chi connectivity index (χ0v) is 26.2. The van der Waals surface area contributed by atoms with Gasteiger partial charge >= 0.3 is 6.01 Å². The summed E-state index contributed by atoms with van der Waals surface area (Å²) >= 11 is 6.49. The SMILES string of the molecule is [C-]#[N+]C[C@H]1CN(c2nc(O[C@@H]3CCC[C@@H]3N(C)C)nc3c2CCN(c2cccc4ccc(F)c(Cl)c24)C3)CCN1C(=O)C(=C)F. The van der Waals surface area contributed by atoms with Crippen molar-refractivity contribution < 1.29 is 18.3 Å². The Morgan fingerprint density at radius 1 is 1.18 bits per heavy atom. The lowest BCUT2D eigenvalue weighted by Gasteiger charge is -2.41. The summed E-state index contributed by atoms with van der Waals surface area (Å²) in [6.45, 7) is 12.7. The Hall–Kier alpha value is -4.01. The molecule has 1 saturated carbocycles. The summed E-state index contributed by atoms with van der Waals surface area (Å²) in [4.78, 5) is 33.8. The maximum absolute atomic E-state index is 14.6. The van der Waals surface area contributed by atoms with Crippen LogP contribution < -0.4 is 14.5 Å². The molecule has 1 aromatic heterocycles. The maximum atomic E-state index is 14.6. The zero-order valence-electron chi connectivity index (χ0n) is 25.5. The predicted octanol–water partition coefficient (Wildman–Crippen LogP) is 5.27. The molecule has 0 radical (unpaired) electrons. The number of likely N-dealkylation sites (N-methyl/N-ethyl adjacent to an activating group) is 1. The van der Waals surface area contributed by atoms with E-state index in [1.54, 1.807) is 6.07 Å². The molecule has 1 aliphatic carbocycles. The minimum atomic E-state index is -1.03. The van der Waals surface area contributed by atoms with Crippen molar-refractivity contribution in [1.29, 1.82) is 0 Å². The van der Waals surface area contributed by atoms with E-state index in [0.29, 0.717) is 43.8 Å². The zero-order chi connectivity index (χ0) is 31.8. The monoisotopic (exact) mass is 635 g/mol. The van der Waals surface area contributed by atoms with E-state index in [-0.39, 0.29) is 36.3 Å². The predicted molar refractivity (Wildman–Crippen MR) is 171 cm³/mol. The third-order valence-corrected chi connectivity index (χ3v) is 9.56. The third-order valence-electron chi connectivity index (χ3n) is 9.19. The van der Waals surface area contributed by atoms with Crippen LogP contribution in [0.15, 0.2) is 42.7 Å². The molecule has 0 unspecified atom stereocenters. The van der Waals surface area contributed by atoms with Gasteiger partial charge in [0.05, 0.1) is 17.3 Å². The van der Waals surface area contributed by atoms with Crippen LogP contribution in [-0.4, -0.2) is 90.7 Å². The first kappa shape index (κ1) is 31.0. The second kappa shape index (κ2) is 12.8. The molecule has 12 heteroatoms. The lowest BCUT2D eigenvalue weighted by Crippen LogP contribution is -2.57. The second-order valence-electron chi connectivity index (χ2n) is 12.1. The first-order valence-electron chi connectivity index (χ1n) is 15.2. The number of fused-ring (bicyclic) bond motifs is 2. The van der Waals surface area contributed by atoms with Gasteiger partial charge in [0, 0.05) is 48.9 Å². The van der Waals surface area contributed by atoms with Gasteiger partial charge in [-0.15, -0.1) is 0 Å². The van der Waals surface area contributed by atoms with Crippen molar-refractivity contribution in [2.45, 2.75) is 50.4 Å². The molecule has 0 spiro atoms. The number of anilines is 2. The lowest BCUT2D eigenvalue weighted by atomic mass is 10.0. The Kier molecular flexibility index (Phi) is 8.80. The Labute approximate surface area is 266 Å². The van der Waals surface area contributed by atoms with Gasteiger partial charge in [-0.25, -0.2) is 15.4 Å². The Balaban J connectivity index is 1.38. The van der Waals surface area contributed by atoms with Crippen molar-refractivity contribution in [3.05, 3.63) is 76.3 Å². The van der Waals surface area contributed by atoms with Crippen LogP contribution in [0.3, 0.4) is 0 Å². The van der Waals surface area contributed by atoms with E-state index < -0.39 is 23.6 Å². The molecular formula is C33H36ClF2N7O2. The number of piperazine rings is 1. The molecule has 0 N–H and O–H groups in total. The van der Waals surface area contributed by atoms with Crippen LogP contribution in [0, 0.1) is 12.4 Å². The van der Waals surface area contributed by atoms with E-state index in [1.165, 1.54) is 11.0 Å². The molecular weight excluding hydrogens is 600 g/mol. The molecule has 1 amide bonds. The van der Waals surface area contributed by atoms with Gasteiger partial charge in [0.2, 0.25) is 6.54 Å². The molecule has 3 heterocycles. The number of benzene rings is 2. The fraction of sp³-hybridized carbons (Fsp3) is 0.455. The molecule has 9 nitrogen and oxygen atoms in total. The van der Waals surface area contributed by atoms with Crippen LogP contribution in [0.25, 0.3) is 15.6 Å². The normalized spacial score (nSPS) is 21.6. The van der Waals surface area contributed by atoms with Crippen LogP contribution in [0.2, 0.25) is 5.02 Å². The third kappa shape index (κ3) is 6.01. The number of hydrogen-bond donors (Lipinski definition) is 0.